The Bertz CT molecular complexity index is 334. The lowest BCUT2D eigenvalue weighted by atomic mass is 10.2. The van der Waals surface area contributed by atoms with Gasteiger partial charge in [-0.1, -0.05) is 0 Å². The summed E-state index contributed by atoms with van der Waals surface area (Å²) in [5.74, 6) is 4.58. The third-order valence-electron chi connectivity index (χ3n) is 3.08. The summed E-state index contributed by atoms with van der Waals surface area (Å²) in [6, 6.07) is 4.79. The number of nitrogens with zero attached hydrogens (tertiary/aromatic N) is 1. The lowest BCUT2D eigenvalue weighted by molar-refractivity contribution is 0.277. The van der Waals surface area contributed by atoms with Crippen LogP contribution in [-0.2, 0) is 6.54 Å². The SMILES string of the molecule is Cc1ccc(CN(C)CCC2CSCCN2)o1. The number of thioether (sulfide) groups is 1. The first-order chi connectivity index (χ1) is 8.24. The smallest absolute Gasteiger partial charge is 0.118 e. The van der Waals surface area contributed by atoms with E-state index in [1.54, 1.807) is 0 Å². The Labute approximate surface area is 108 Å². The van der Waals surface area contributed by atoms with Crippen LogP contribution in [0.1, 0.15) is 17.9 Å². The molecule has 2 rings (SSSR count). The fourth-order valence-electron chi connectivity index (χ4n) is 2.10. The molecule has 0 bridgehead atoms. The minimum Gasteiger partial charge on any atom is -0.465 e. The zero-order valence-electron chi connectivity index (χ0n) is 10.7. The maximum atomic E-state index is 5.58. The minimum absolute atomic E-state index is 0.689. The maximum absolute atomic E-state index is 5.58. The van der Waals surface area contributed by atoms with Crippen LogP contribution in [0.4, 0.5) is 0 Å². The second kappa shape index (κ2) is 6.47. The Kier molecular flexibility index (Phi) is 4.95. The number of nitrogens with one attached hydrogen (secondary N) is 1. The van der Waals surface area contributed by atoms with E-state index in [-0.39, 0.29) is 0 Å². The molecule has 0 saturated carbocycles. The standard InChI is InChI=1S/C13H22N2OS/c1-11-3-4-13(16-11)9-15(2)7-5-12-10-17-8-6-14-12/h3-4,12,14H,5-10H2,1-2H3. The fourth-order valence-corrected chi connectivity index (χ4v) is 3.09. The van der Waals surface area contributed by atoms with Gasteiger partial charge in [0.25, 0.3) is 0 Å². The molecule has 1 unspecified atom stereocenters. The average molecular weight is 254 g/mol. The molecule has 1 aromatic heterocycles. The van der Waals surface area contributed by atoms with E-state index in [9.17, 15) is 0 Å². The number of rotatable bonds is 5. The molecule has 0 radical (unpaired) electrons. The van der Waals surface area contributed by atoms with Gasteiger partial charge in [0, 0.05) is 24.1 Å². The predicted molar refractivity (Wildman–Crippen MR) is 73.5 cm³/mol. The van der Waals surface area contributed by atoms with E-state index < -0.39 is 0 Å². The first-order valence-electron chi connectivity index (χ1n) is 6.29. The van der Waals surface area contributed by atoms with Crippen molar-refractivity contribution < 1.29 is 4.42 Å². The zero-order chi connectivity index (χ0) is 12.1. The molecule has 96 valence electrons. The van der Waals surface area contributed by atoms with Gasteiger partial charge in [-0.05, 0) is 39.1 Å². The molecule has 1 atom stereocenters. The summed E-state index contributed by atoms with van der Waals surface area (Å²) in [4.78, 5) is 2.33. The van der Waals surface area contributed by atoms with Gasteiger partial charge in [-0.25, -0.2) is 0 Å². The Morgan fingerprint density at radius 1 is 1.53 bits per heavy atom. The maximum Gasteiger partial charge on any atom is 0.118 e. The molecule has 0 aromatic carbocycles. The van der Waals surface area contributed by atoms with Gasteiger partial charge in [0.2, 0.25) is 0 Å². The zero-order valence-corrected chi connectivity index (χ0v) is 11.6. The molecule has 1 N–H and O–H groups in total. The summed E-state index contributed by atoms with van der Waals surface area (Å²) in [6.45, 7) is 5.19. The van der Waals surface area contributed by atoms with Crippen molar-refractivity contribution in [2.75, 3.05) is 31.6 Å². The predicted octanol–water partition coefficient (Wildman–Crippen LogP) is 2.11. The van der Waals surface area contributed by atoms with Gasteiger partial charge in [-0.3, -0.25) is 4.90 Å². The van der Waals surface area contributed by atoms with Crippen molar-refractivity contribution in [3.63, 3.8) is 0 Å². The van der Waals surface area contributed by atoms with E-state index in [0.29, 0.717) is 6.04 Å². The topological polar surface area (TPSA) is 28.4 Å². The molecule has 0 spiro atoms. The summed E-state index contributed by atoms with van der Waals surface area (Å²) in [5.41, 5.74) is 0. The van der Waals surface area contributed by atoms with Crippen LogP contribution in [0.15, 0.2) is 16.5 Å². The summed E-state index contributed by atoms with van der Waals surface area (Å²) < 4.78 is 5.58. The molecule has 1 aliphatic heterocycles. The number of hydrogen-bond acceptors (Lipinski definition) is 4. The average Bonchev–Trinajstić information content (AvgIpc) is 2.73. The largest absolute Gasteiger partial charge is 0.465 e. The number of aryl methyl sites for hydroxylation is 1. The molecule has 3 nitrogen and oxygen atoms in total. The normalized spacial score (nSPS) is 21.0. The highest BCUT2D eigenvalue weighted by atomic mass is 32.2. The first kappa shape index (κ1) is 13.0. The molecule has 4 heteroatoms. The van der Waals surface area contributed by atoms with Crippen molar-refractivity contribution in [1.29, 1.82) is 0 Å². The molecule has 1 saturated heterocycles. The van der Waals surface area contributed by atoms with Crippen LogP contribution in [0.5, 0.6) is 0 Å². The fraction of sp³-hybridized carbons (Fsp3) is 0.692. The number of furan rings is 1. The molecule has 1 aromatic rings. The monoisotopic (exact) mass is 254 g/mol. The van der Waals surface area contributed by atoms with Gasteiger partial charge in [-0.2, -0.15) is 11.8 Å². The second-order valence-electron chi connectivity index (χ2n) is 4.76. The van der Waals surface area contributed by atoms with Gasteiger partial charge in [0.15, 0.2) is 0 Å². The Morgan fingerprint density at radius 2 is 2.41 bits per heavy atom. The lowest BCUT2D eigenvalue weighted by Crippen LogP contribution is -2.39. The van der Waals surface area contributed by atoms with Crippen LogP contribution in [0.25, 0.3) is 0 Å². The molecule has 17 heavy (non-hydrogen) atoms. The van der Waals surface area contributed by atoms with Crippen molar-refractivity contribution in [2.24, 2.45) is 0 Å². The first-order valence-corrected chi connectivity index (χ1v) is 7.44. The summed E-state index contributed by atoms with van der Waals surface area (Å²) in [7, 11) is 2.16. The van der Waals surface area contributed by atoms with E-state index in [2.05, 4.69) is 35.1 Å². The van der Waals surface area contributed by atoms with Crippen LogP contribution in [0.2, 0.25) is 0 Å². The third-order valence-corrected chi connectivity index (χ3v) is 4.21. The van der Waals surface area contributed by atoms with E-state index in [1.165, 1.54) is 17.9 Å². The number of hydrogen-bond donors (Lipinski definition) is 1. The van der Waals surface area contributed by atoms with Crippen LogP contribution < -0.4 is 5.32 Å². The van der Waals surface area contributed by atoms with Gasteiger partial charge in [0.05, 0.1) is 6.54 Å². The molecule has 1 aliphatic rings. The van der Waals surface area contributed by atoms with Gasteiger partial charge in [0.1, 0.15) is 11.5 Å². The van der Waals surface area contributed by atoms with Gasteiger partial charge < -0.3 is 9.73 Å². The van der Waals surface area contributed by atoms with E-state index in [1.807, 2.05) is 13.0 Å². The molecule has 2 heterocycles. The van der Waals surface area contributed by atoms with Crippen LogP contribution in [0, 0.1) is 6.92 Å². The highest BCUT2D eigenvalue weighted by molar-refractivity contribution is 7.99. The van der Waals surface area contributed by atoms with Gasteiger partial charge >= 0.3 is 0 Å². The van der Waals surface area contributed by atoms with E-state index in [0.717, 1.165) is 31.2 Å². The Hall–Kier alpha value is -0.450. The van der Waals surface area contributed by atoms with Crippen molar-refractivity contribution in [1.82, 2.24) is 10.2 Å². The highest BCUT2D eigenvalue weighted by Crippen LogP contribution is 2.12. The van der Waals surface area contributed by atoms with Crippen molar-refractivity contribution >= 4 is 11.8 Å². The van der Waals surface area contributed by atoms with E-state index >= 15 is 0 Å². The Morgan fingerprint density at radius 3 is 3.06 bits per heavy atom. The lowest BCUT2D eigenvalue weighted by Gasteiger charge is -2.25. The van der Waals surface area contributed by atoms with Gasteiger partial charge in [-0.15, -0.1) is 0 Å². The summed E-state index contributed by atoms with van der Waals surface area (Å²) >= 11 is 2.06. The molecule has 0 aliphatic carbocycles. The minimum atomic E-state index is 0.689. The Balaban J connectivity index is 1.68. The van der Waals surface area contributed by atoms with Crippen molar-refractivity contribution in [3.05, 3.63) is 23.7 Å². The summed E-state index contributed by atoms with van der Waals surface area (Å²) in [6.07, 6.45) is 1.23. The quantitative estimate of drug-likeness (QED) is 0.871. The van der Waals surface area contributed by atoms with E-state index in [4.69, 9.17) is 4.42 Å². The second-order valence-corrected chi connectivity index (χ2v) is 5.91. The molecular weight excluding hydrogens is 232 g/mol. The van der Waals surface area contributed by atoms with Crippen LogP contribution >= 0.6 is 11.8 Å². The highest BCUT2D eigenvalue weighted by Gasteiger charge is 2.13. The summed E-state index contributed by atoms with van der Waals surface area (Å²) in [5, 5.41) is 3.57. The van der Waals surface area contributed by atoms with Crippen molar-refractivity contribution in [2.45, 2.75) is 25.9 Å². The van der Waals surface area contributed by atoms with Crippen LogP contribution in [-0.4, -0.2) is 42.6 Å². The molecule has 0 amide bonds. The van der Waals surface area contributed by atoms with Crippen molar-refractivity contribution in [3.8, 4) is 0 Å². The molecule has 1 fully saturated rings. The third kappa shape index (κ3) is 4.37. The van der Waals surface area contributed by atoms with Crippen LogP contribution in [0.3, 0.4) is 0 Å². The molecular formula is C13H22N2OS.